The zero-order chi connectivity index (χ0) is 20.6. The van der Waals surface area contributed by atoms with Gasteiger partial charge in [0.15, 0.2) is 5.78 Å². The first kappa shape index (κ1) is 20.4. The Kier molecular flexibility index (Phi) is 6.87. The van der Waals surface area contributed by atoms with Crippen molar-refractivity contribution in [2.24, 2.45) is 0 Å². The van der Waals surface area contributed by atoms with Gasteiger partial charge in [-0.2, -0.15) is 0 Å². The minimum absolute atomic E-state index is 0.0346. The summed E-state index contributed by atoms with van der Waals surface area (Å²) in [5.74, 6) is 0.420. The molecule has 3 aromatic rings. The molecular formula is C23H21ClN2O3. The topological polar surface area (TPSA) is 67.4 Å². The maximum Gasteiger partial charge on any atom is 0.239 e. The number of halogens is 1. The van der Waals surface area contributed by atoms with Gasteiger partial charge in [-0.15, -0.1) is 0 Å². The monoisotopic (exact) mass is 408 g/mol. The second kappa shape index (κ2) is 9.75. The molecule has 0 aliphatic carbocycles. The maximum atomic E-state index is 12.8. The average molecular weight is 409 g/mol. The zero-order valence-corrected chi connectivity index (χ0v) is 16.7. The van der Waals surface area contributed by atoms with Gasteiger partial charge in [-0.3, -0.25) is 9.59 Å². The van der Waals surface area contributed by atoms with Gasteiger partial charge < -0.3 is 15.4 Å². The Morgan fingerprint density at radius 2 is 1.69 bits per heavy atom. The SMILES string of the molecule is COc1ccc(CNC(=O)CNc2ccc(Cl)cc2C(=O)c2ccccc2)cc1. The van der Waals surface area contributed by atoms with E-state index in [0.717, 1.165) is 11.3 Å². The van der Waals surface area contributed by atoms with Crippen LogP contribution in [0.3, 0.4) is 0 Å². The number of methoxy groups -OCH3 is 1. The lowest BCUT2D eigenvalue weighted by Crippen LogP contribution is -2.29. The van der Waals surface area contributed by atoms with Crippen molar-refractivity contribution in [3.8, 4) is 5.75 Å². The Morgan fingerprint density at radius 1 is 0.966 bits per heavy atom. The van der Waals surface area contributed by atoms with Crippen molar-refractivity contribution in [2.75, 3.05) is 19.0 Å². The molecule has 148 valence electrons. The summed E-state index contributed by atoms with van der Waals surface area (Å²) in [5, 5.41) is 6.34. The maximum absolute atomic E-state index is 12.8. The molecule has 0 aromatic heterocycles. The second-order valence-electron chi connectivity index (χ2n) is 6.36. The third-order valence-corrected chi connectivity index (χ3v) is 4.59. The van der Waals surface area contributed by atoms with Crippen LogP contribution in [0.2, 0.25) is 5.02 Å². The molecule has 3 rings (SSSR count). The lowest BCUT2D eigenvalue weighted by atomic mass is 10.0. The number of amides is 1. The van der Waals surface area contributed by atoms with E-state index in [2.05, 4.69) is 10.6 Å². The van der Waals surface area contributed by atoms with Gasteiger partial charge in [0.25, 0.3) is 0 Å². The molecule has 29 heavy (non-hydrogen) atoms. The van der Waals surface area contributed by atoms with Crippen molar-refractivity contribution in [1.29, 1.82) is 0 Å². The highest BCUT2D eigenvalue weighted by Gasteiger charge is 2.15. The summed E-state index contributed by atoms with van der Waals surface area (Å²) in [6.45, 7) is 0.438. The molecule has 0 radical (unpaired) electrons. The number of hydrogen-bond acceptors (Lipinski definition) is 4. The molecule has 0 aliphatic heterocycles. The van der Waals surface area contributed by atoms with E-state index in [1.54, 1.807) is 49.6 Å². The summed E-state index contributed by atoms with van der Waals surface area (Å²) >= 11 is 6.08. The molecular weight excluding hydrogens is 388 g/mol. The molecule has 3 aromatic carbocycles. The Hall–Kier alpha value is -3.31. The van der Waals surface area contributed by atoms with E-state index in [-0.39, 0.29) is 18.2 Å². The van der Waals surface area contributed by atoms with Crippen LogP contribution in [0.4, 0.5) is 5.69 Å². The van der Waals surface area contributed by atoms with Gasteiger partial charge in [0.05, 0.1) is 13.7 Å². The number of ketones is 1. The third-order valence-electron chi connectivity index (χ3n) is 4.35. The van der Waals surface area contributed by atoms with Crippen molar-refractivity contribution < 1.29 is 14.3 Å². The molecule has 0 bridgehead atoms. The van der Waals surface area contributed by atoms with Gasteiger partial charge in [-0.25, -0.2) is 0 Å². The highest BCUT2D eigenvalue weighted by atomic mass is 35.5. The lowest BCUT2D eigenvalue weighted by molar-refractivity contribution is -0.119. The van der Waals surface area contributed by atoms with Gasteiger partial charge in [0.2, 0.25) is 5.91 Å². The van der Waals surface area contributed by atoms with Gasteiger partial charge in [-0.1, -0.05) is 54.1 Å². The Morgan fingerprint density at radius 3 is 2.38 bits per heavy atom. The molecule has 6 heteroatoms. The molecule has 1 amide bonds. The van der Waals surface area contributed by atoms with E-state index >= 15 is 0 Å². The minimum atomic E-state index is -0.186. The molecule has 5 nitrogen and oxygen atoms in total. The molecule has 0 unspecified atom stereocenters. The van der Waals surface area contributed by atoms with Crippen molar-refractivity contribution in [2.45, 2.75) is 6.54 Å². The normalized spacial score (nSPS) is 10.3. The lowest BCUT2D eigenvalue weighted by Gasteiger charge is -2.12. The van der Waals surface area contributed by atoms with Crippen molar-refractivity contribution in [3.63, 3.8) is 0 Å². The second-order valence-corrected chi connectivity index (χ2v) is 6.80. The zero-order valence-electron chi connectivity index (χ0n) is 15.9. The van der Waals surface area contributed by atoms with E-state index in [0.29, 0.717) is 28.4 Å². The predicted octanol–water partition coefficient (Wildman–Crippen LogP) is 4.31. The molecule has 0 aliphatic rings. The predicted molar refractivity (Wildman–Crippen MR) is 115 cm³/mol. The summed E-state index contributed by atoms with van der Waals surface area (Å²) in [7, 11) is 1.61. The number of anilines is 1. The fourth-order valence-electron chi connectivity index (χ4n) is 2.79. The smallest absolute Gasteiger partial charge is 0.239 e. The van der Waals surface area contributed by atoms with Gasteiger partial charge in [0, 0.05) is 28.4 Å². The molecule has 0 saturated carbocycles. The third kappa shape index (κ3) is 5.59. The molecule has 0 saturated heterocycles. The Bertz CT molecular complexity index is 989. The fourth-order valence-corrected chi connectivity index (χ4v) is 2.96. The fraction of sp³-hybridized carbons (Fsp3) is 0.130. The van der Waals surface area contributed by atoms with Crippen LogP contribution >= 0.6 is 11.6 Å². The molecule has 0 fully saturated rings. The van der Waals surface area contributed by atoms with E-state index < -0.39 is 0 Å². The number of benzene rings is 3. The van der Waals surface area contributed by atoms with Crippen LogP contribution in [0.5, 0.6) is 5.75 Å². The van der Waals surface area contributed by atoms with Crippen LogP contribution in [0.15, 0.2) is 72.8 Å². The van der Waals surface area contributed by atoms with Crippen LogP contribution in [0, 0.1) is 0 Å². The summed E-state index contributed by atoms with van der Waals surface area (Å²) in [5.41, 5.74) is 2.50. The van der Waals surface area contributed by atoms with E-state index in [4.69, 9.17) is 16.3 Å². The van der Waals surface area contributed by atoms with Crippen molar-refractivity contribution >= 4 is 29.0 Å². The van der Waals surface area contributed by atoms with Crippen LogP contribution < -0.4 is 15.4 Å². The largest absolute Gasteiger partial charge is 0.497 e. The number of hydrogen-bond donors (Lipinski definition) is 2. The number of nitrogens with one attached hydrogen (secondary N) is 2. The van der Waals surface area contributed by atoms with Crippen molar-refractivity contribution in [1.82, 2.24) is 5.32 Å². The summed E-state index contributed by atoms with van der Waals surface area (Å²) in [6, 6.07) is 21.4. The quantitative estimate of drug-likeness (QED) is 0.545. The first-order chi connectivity index (χ1) is 14.1. The average Bonchev–Trinajstić information content (AvgIpc) is 2.77. The number of carbonyl (C=O) groups excluding carboxylic acids is 2. The van der Waals surface area contributed by atoms with E-state index in [1.165, 1.54) is 0 Å². The summed E-state index contributed by atoms with van der Waals surface area (Å²) in [6.07, 6.45) is 0. The molecule has 0 heterocycles. The standard InChI is InChI=1S/C23H21ClN2O3/c1-29-19-10-7-16(8-11-19)14-26-22(27)15-25-21-12-9-18(24)13-20(21)23(28)17-5-3-2-4-6-17/h2-13,25H,14-15H2,1H3,(H,26,27). The summed E-state index contributed by atoms with van der Waals surface area (Å²) < 4.78 is 5.12. The van der Waals surface area contributed by atoms with E-state index in [9.17, 15) is 9.59 Å². The molecule has 2 N–H and O–H groups in total. The first-order valence-electron chi connectivity index (χ1n) is 9.09. The number of rotatable bonds is 8. The highest BCUT2D eigenvalue weighted by molar-refractivity contribution is 6.31. The highest BCUT2D eigenvalue weighted by Crippen LogP contribution is 2.23. The van der Waals surface area contributed by atoms with Gasteiger partial charge in [0.1, 0.15) is 5.75 Å². The van der Waals surface area contributed by atoms with Crippen LogP contribution in [0.25, 0.3) is 0 Å². The first-order valence-corrected chi connectivity index (χ1v) is 9.47. The Labute approximate surface area is 174 Å². The van der Waals surface area contributed by atoms with Crippen LogP contribution in [0.1, 0.15) is 21.5 Å². The van der Waals surface area contributed by atoms with Gasteiger partial charge in [-0.05, 0) is 35.9 Å². The minimum Gasteiger partial charge on any atom is -0.497 e. The Balaban J connectivity index is 1.62. The number of carbonyl (C=O) groups is 2. The molecule has 0 atom stereocenters. The van der Waals surface area contributed by atoms with E-state index in [1.807, 2.05) is 30.3 Å². The molecule has 0 spiro atoms. The summed E-state index contributed by atoms with van der Waals surface area (Å²) in [4.78, 5) is 25.0. The van der Waals surface area contributed by atoms with Crippen LogP contribution in [-0.4, -0.2) is 25.3 Å². The van der Waals surface area contributed by atoms with Crippen molar-refractivity contribution in [3.05, 3.63) is 94.5 Å². The van der Waals surface area contributed by atoms with Gasteiger partial charge >= 0.3 is 0 Å². The van der Waals surface area contributed by atoms with Crippen LogP contribution in [-0.2, 0) is 11.3 Å². The number of ether oxygens (including phenoxy) is 1.